The lowest BCUT2D eigenvalue weighted by Gasteiger charge is -2.23. The Morgan fingerprint density at radius 2 is 2.16 bits per heavy atom. The van der Waals surface area contributed by atoms with E-state index in [2.05, 4.69) is 32.4 Å². The van der Waals surface area contributed by atoms with Gasteiger partial charge in [0.05, 0.1) is 12.2 Å². The van der Waals surface area contributed by atoms with Crippen LogP contribution in [-0.4, -0.2) is 74.1 Å². The molecule has 6 nitrogen and oxygen atoms in total. The molecule has 1 atom stereocenters. The van der Waals surface area contributed by atoms with Gasteiger partial charge in [-0.2, -0.15) is 0 Å². The number of anilines is 1. The molecule has 0 spiro atoms. The highest BCUT2D eigenvalue weighted by Crippen LogP contribution is 2.21. The van der Waals surface area contributed by atoms with Crippen LogP contribution >= 0.6 is 11.3 Å². The summed E-state index contributed by atoms with van der Waals surface area (Å²) >= 11 is 1.68. The van der Waals surface area contributed by atoms with Crippen molar-refractivity contribution in [2.24, 2.45) is 10.9 Å². The van der Waals surface area contributed by atoms with Crippen LogP contribution in [0.25, 0.3) is 0 Å². The molecule has 140 valence electrons. The summed E-state index contributed by atoms with van der Waals surface area (Å²) in [5.74, 6) is 1.83. The number of aliphatic imine (C=N–C) groups is 1. The van der Waals surface area contributed by atoms with Crippen LogP contribution in [0.3, 0.4) is 0 Å². The van der Waals surface area contributed by atoms with Gasteiger partial charge in [-0.05, 0) is 45.2 Å². The zero-order valence-electron chi connectivity index (χ0n) is 15.9. The summed E-state index contributed by atoms with van der Waals surface area (Å²) in [4.78, 5) is 16.6. The van der Waals surface area contributed by atoms with Crippen LogP contribution in [0.15, 0.2) is 10.4 Å². The number of likely N-dealkylation sites (tertiary alicyclic amines) is 2. The lowest BCUT2D eigenvalue weighted by Crippen LogP contribution is -2.40. The van der Waals surface area contributed by atoms with Crippen molar-refractivity contribution in [1.29, 1.82) is 0 Å². The number of nitrogens with one attached hydrogen (secondary N) is 1. The molecule has 2 aliphatic heterocycles. The minimum Gasteiger partial charge on any atom is -0.357 e. The molecule has 1 aromatic heterocycles. The zero-order chi connectivity index (χ0) is 17.6. The van der Waals surface area contributed by atoms with Crippen molar-refractivity contribution in [2.45, 2.75) is 32.7 Å². The van der Waals surface area contributed by atoms with E-state index in [0.717, 1.165) is 42.3 Å². The average molecular weight is 365 g/mol. The van der Waals surface area contributed by atoms with E-state index in [1.807, 2.05) is 19.0 Å². The van der Waals surface area contributed by atoms with E-state index < -0.39 is 0 Å². The maximum absolute atomic E-state index is 4.85. The summed E-state index contributed by atoms with van der Waals surface area (Å²) in [6, 6.07) is 0. The van der Waals surface area contributed by atoms with Gasteiger partial charge in [0.2, 0.25) is 0 Å². The maximum atomic E-state index is 4.85. The fourth-order valence-electron chi connectivity index (χ4n) is 3.66. The fraction of sp³-hybridized carbons (Fsp3) is 0.778. The third-order valence-electron chi connectivity index (χ3n) is 4.95. The van der Waals surface area contributed by atoms with Crippen LogP contribution in [0.5, 0.6) is 0 Å². The summed E-state index contributed by atoms with van der Waals surface area (Å²) in [7, 11) is 4.06. The van der Waals surface area contributed by atoms with Crippen LogP contribution in [0.1, 0.15) is 31.9 Å². The first-order valence-corrected chi connectivity index (χ1v) is 10.4. The highest BCUT2D eigenvalue weighted by molar-refractivity contribution is 7.13. The molecular formula is C18H32N6S. The average Bonchev–Trinajstić information content (AvgIpc) is 3.33. The molecule has 1 aromatic rings. The van der Waals surface area contributed by atoms with Crippen molar-refractivity contribution < 1.29 is 0 Å². The van der Waals surface area contributed by atoms with Gasteiger partial charge < -0.3 is 20.0 Å². The number of rotatable bonds is 6. The summed E-state index contributed by atoms with van der Waals surface area (Å²) in [5, 5.41) is 6.62. The van der Waals surface area contributed by atoms with Gasteiger partial charge in [-0.3, -0.25) is 0 Å². The van der Waals surface area contributed by atoms with Crippen molar-refractivity contribution >= 4 is 22.4 Å². The van der Waals surface area contributed by atoms with Crippen LogP contribution in [0, 0.1) is 5.92 Å². The van der Waals surface area contributed by atoms with Crippen molar-refractivity contribution in [1.82, 2.24) is 20.1 Å². The molecule has 3 heterocycles. The van der Waals surface area contributed by atoms with Gasteiger partial charge in [-0.1, -0.05) is 0 Å². The third-order valence-corrected chi connectivity index (χ3v) is 6.01. The Morgan fingerprint density at radius 1 is 1.36 bits per heavy atom. The molecule has 2 aliphatic rings. The maximum Gasteiger partial charge on any atom is 0.194 e. The molecule has 0 radical (unpaired) electrons. The molecule has 2 fully saturated rings. The Balaban J connectivity index is 1.56. The minimum absolute atomic E-state index is 0.653. The smallest absolute Gasteiger partial charge is 0.194 e. The highest BCUT2D eigenvalue weighted by Gasteiger charge is 2.27. The van der Waals surface area contributed by atoms with Crippen molar-refractivity contribution in [3.8, 4) is 0 Å². The van der Waals surface area contributed by atoms with Gasteiger partial charge in [0, 0.05) is 45.7 Å². The van der Waals surface area contributed by atoms with Gasteiger partial charge in [0.1, 0.15) is 0 Å². The second kappa shape index (κ2) is 8.85. The van der Waals surface area contributed by atoms with Crippen LogP contribution in [-0.2, 0) is 6.54 Å². The van der Waals surface area contributed by atoms with Gasteiger partial charge in [-0.25, -0.2) is 9.98 Å². The molecule has 0 amide bonds. The van der Waals surface area contributed by atoms with Crippen molar-refractivity contribution in [3.63, 3.8) is 0 Å². The second-order valence-corrected chi connectivity index (χ2v) is 8.13. The zero-order valence-corrected chi connectivity index (χ0v) is 16.7. The van der Waals surface area contributed by atoms with Crippen LogP contribution in [0.4, 0.5) is 5.13 Å². The predicted molar refractivity (Wildman–Crippen MR) is 107 cm³/mol. The van der Waals surface area contributed by atoms with E-state index in [0.29, 0.717) is 6.54 Å². The molecule has 1 N–H and O–H groups in total. The fourth-order valence-corrected chi connectivity index (χ4v) is 4.41. The Bertz CT molecular complexity index is 564. The van der Waals surface area contributed by atoms with E-state index in [-0.39, 0.29) is 0 Å². The summed E-state index contributed by atoms with van der Waals surface area (Å²) in [6.07, 6.45) is 4.04. The molecule has 2 saturated heterocycles. The summed E-state index contributed by atoms with van der Waals surface area (Å²) in [5.41, 5.74) is 1.05. The summed E-state index contributed by atoms with van der Waals surface area (Å²) in [6.45, 7) is 9.79. The molecule has 0 aliphatic carbocycles. The third kappa shape index (κ3) is 5.07. The highest BCUT2D eigenvalue weighted by atomic mass is 32.1. The molecule has 3 rings (SSSR count). The first-order valence-electron chi connectivity index (χ1n) is 9.53. The SMILES string of the molecule is CCNC(=NCc1csc(N(C)C)n1)N1CCC(CN2CCCC2)C1. The van der Waals surface area contributed by atoms with Gasteiger partial charge in [0.25, 0.3) is 0 Å². The number of hydrogen-bond donors (Lipinski definition) is 1. The number of thiazole rings is 1. The first-order chi connectivity index (χ1) is 12.2. The summed E-state index contributed by atoms with van der Waals surface area (Å²) < 4.78 is 0. The monoisotopic (exact) mass is 364 g/mol. The van der Waals surface area contributed by atoms with E-state index in [1.165, 1.54) is 38.9 Å². The normalized spacial score (nSPS) is 22.0. The molecule has 0 aromatic carbocycles. The molecule has 0 bridgehead atoms. The Kier molecular flexibility index (Phi) is 6.53. The molecule has 0 saturated carbocycles. The number of aromatic nitrogens is 1. The quantitative estimate of drug-likeness (QED) is 0.619. The first kappa shape index (κ1) is 18.5. The molecule has 1 unspecified atom stereocenters. The molecule has 25 heavy (non-hydrogen) atoms. The Hall–Kier alpha value is -1.34. The second-order valence-electron chi connectivity index (χ2n) is 7.29. The van der Waals surface area contributed by atoms with Gasteiger partial charge in [0.15, 0.2) is 11.1 Å². The standard InChI is InChI=1S/C18H32N6S/c1-4-19-17(20-11-16-14-25-18(21-16)22(2)3)24-10-7-15(13-24)12-23-8-5-6-9-23/h14-15H,4-13H2,1-3H3,(H,19,20). The number of nitrogens with zero attached hydrogens (tertiary/aromatic N) is 5. The predicted octanol–water partition coefficient (Wildman–Crippen LogP) is 2.09. The number of guanidine groups is 1. The van der Waals surface area contributed by atoms with Crippen molar-refractivity contribution in [2.75, 3.05) is 58.3 Å². The van der Waals surface area contributed by atoms with Gasteiger partial charge >= 0.3 is 0 Å². The Labute approximate surface area is 155 Å². The topological polar surface area (TPSA) is 47.0 Å². The van der Waals surface area contributed by atoms with E-state index in [1.54, 1.807) is 11.3 Å². The lowest BCUT2D eigenvalue weighted by molar-refractivity contribution is 0.281. The number of hydrogen-bond acceptors (Lipinski definition) is 5. The Morgan fingerprint density at radius 3 is 2.84 bits per heavy atom. The van der Waals surface area contributed by atoms with Crippen LogP contribution in [0.2, 0.25) is 0 Å². The van der Waals surface area contributed by atoms with Crippen molar-refractivity contribution in [3.05, 3.63) is 11.1 Å². The van der Waals surface area contributed by atoms with E-state index >= 15 is 0 Å². The van der Waals surface area contributed by atoms with Gasteiger partial charge in [-0.15, -0.1) is 11.3 Å². The minimum atomic E-state index is 0.653. The molecular weight excluding hydrogens is 332 g/mol. The largest absolute Gasteiger partial charge is 0.357 e. The van der Waals surface area contributed by atoms with E-state index in [9.17, 15) is 0 Å². The van der Waals surface area contributed by atoms with Crippen LogP contribution < -0.4 is 10.2 Å². The van der Waals surface area contributed by atoms with E-state index in [4.69, 9.17) is 4.99 Å². The molecule has 7 heteroatoms. The lowest BCUT2D eigenvalue weighted by atomic mass is 10.1.